The predicted molar refractivity (Wildman–Crippen MR) is 83.0 cm³/mol. The minimum absolute atomic E-state index is 0.0143. The zero-order chi connectivity index (χ0) is 14.5. The van der Waals surface area contributed by atoms with Gasteiger partial charge in [0.25, 0.3) is 0 Å². The number of amides is 2. The molecule has 5 nitrogen and oxygen atoms in total. The standard InChI is InChI=1S/C14H20BrN3O2/c1-17(8-9-19)14(20)16-12-6-7-18(10-12)13-4-2-11(15)3-5-13/h2-5,12,19H,6-10H2,1H3,(H,16,20). The third-order valence-corrected chi connectivity index (χ3v) is 4.02. The molecule has 1 aliphatic heterocycles. The Morgan fingerprint density at radius 2 is 2.20 bits per heavy atom. The summed E-state index contributed by atoms with van der Waals surface area (Å²) in [5.41, 5.74) is 1.17. The second-order valence-corrected chi connectivity index (χ2v) is 5.92. The van der Waals surface area contributed by atoms with E-state index in [0.29, 0.717) is 6.54 Å². The first-order valence-electron chi connectivity index (χ1n) is 6.73. The maximum absolute atomic E-state index is 11.9. The number of carbonyl (C=O) groups is 1. The molecule has 1 aromatic rings. The van der Waals surface area contributed by atoms with Crippen LogP contribution in [0.1, 0.15) is 6.42 Å². The Morgan fingerprint density at radius 3 is 2.85 bits per heavy atom. The number of nitrogens with one attached hydrogen (secondary N) is 1. The van der Waals surface area contributed by atoms with Crippen molar-refractivity contribution in [1.29, 1.82) is 0 Å². The van der Waals surface area contributed by atoms with Gasteiger partial charge in [-0.2, -0.15) is 0 Å². The van der Waals surface area contributed by atoms with E-state index in [1.807, 2.05) is 12.1 Å². The Morgan fingerprint density at radius 1 is 1.50 bits per heavy atom. The second-order valence-electron chi connectivity index (χ2n) is 5.00. The van der Waals surface area contributed by atoms with Crippen molar-refractivity contribution in [3.8, 4) is 0 Å². The molecule has 110 valence electrons. The molecule has 1 aromatic carbocycles. The first-order chi connectivity index (χ1) is 9.60. The van der Waals surface area contributed by atoms with E-state index in [-0.39, 0.29) is 18.7 Å². The molecule has 2 amide bonds. The lowest BCUT2D eigenvalue weighted by molar-refractivity contribution is 0.188. The zero-order valence-corrected chi connectivity index (χ0v) is 13.1. The second kappa shape index (κ2) is 6.95. The largest absolute Gasteiger partial charge is 0.395 e. The summed E-state index contributed by atoms with van der Waals surface area (Å²) in [6.45, 7) is 2.10. The van der Waals surface area contributed by atoms with Crippen molar-refractivity contribution >= 4 is 27.6 Å². The molecule has 2 N–H and O–H groups in total. The molecular weight excluding hydrogens is 322 g/mol. The lowest BCUT2D eigenvalue weighted by Crippen LogP contribution is -2.45. The molecular formula is C14H20BrN3O2. The molecule has 6 heteroatoms. The molecule has 0 radical (unpaired) electrons. The number of nitrogens with zero attached hydrogens (tertiary/aromatic N) is 2. The summed E-state index contributed by atoms with van der Waals surface area (Å²) in [6.07, 6.45) is 0.939. The van der Waals surface area contributed by atoms with E-state index in [1.54, 1.807) is 7.05 Å². The van der Waals surface area contributed by atoms with Crippen LogP contribution in [0.5, 0.6) is 0 Å². The van der Waals surface area contributed by atoms with E-state index < -0.39 is 0 Å². The fourth-order valence-corrected chi connectivity index (χ4v) is 2.57. The number of hydrogen-bond donors (Lipinski definition) is 2. The van der Waals surface area contributed by atoms with Gasteiger partial charge in [-0.15, -0.1) is 0 Å². The Balaban J connectivity index is 1.86. The molecule has 1 heterocycles. The van der Waals surface area contributed by atoms with Crippen molar-refractivity contribution in [2.45, 2.75) is 12.5 Å². The summed E-state index contributed by atoms with van der Waals surface area (Å²) in [4.78, 5) is 15.6. The summed E-state index contributed by atoms with van der Waals surface area (Å²) >= 11 is 3.43. The van der Waals surface area contributed by atoms with Crippen LogP contribution >= 0.6 is 15.9 Å². The van der Waals surface area contributed by atoms with Crippen LogP contribution in [0.2, 0.25) is 0 Å². The van der Waals surface area contributed by atoms with Crippen molar-refractivity contribution in [2.75, 3.05) is 38.2 Å². The number of halogens is 1. The Hall–Kier alpha value is -1.27. The van der Waals surface area contributed by atoms with Crippen molar-refractivity contribution in [1.82, 2.24) is 10.2 Å². The van der Waals surface area contributed by atoms with Gasteiger partial charge in [0.2, 0.25) is 0 Å². The van der Waals surface area contributed by atoms with E-state index in [0.717, 1.165) is 24.0 Å². The molecule has 0 bridgehead atoms. The molecule has 1 aliphatic rings. The fourth-order valence-electron chi connectivity index (χ4n) is 2.30. The quantitative estimate of drug-likeness (QED) is 0.875. The van der Waals surface area contributed by atoms with Gasteiger partial charge in [0.15, 0.2) is 0 Å². The maximum atomic E-state index is 11.9. The highest BCUT2D eigenvalue weighted by atomic mass is 79.9. The average Bonchev–Trinajstić information content (AvgIpc) is 2.88. The number of anilines is 1. The van der Waals surface area contributed by atoms with Gasteiger partial charge in [-0.3, -0.25) is 0 Å². The molecule has 1 unspecified atom stereocenters. The van der Waals surface area contributed by atoms with Gasteiger partial charge in [0.05, 0.1) is 6.61 Å². The summed E-state index contributed by atoms with van der Waals surface area (Å²) in [7, 11) is 1.69. The van der Waals surface area contributed by atoms with Crippen LogP contribution in [0.25, 0.3) is 0 Å². The molecule has 1 atom stereocenters. The van der Waals surface area contributed by atoms with Gasteiger partial charge in [-0.05, 0) is 30.7 Å². The van der Waals surface area contributed by atoms with Gasteiger partial charge in [-0.25, -0.2) is 4.79 Å². The molecule has 0 spiro atoms. The number of likely N-dealkylation sites (N-methyl/N-ethyl adjacent to an activating group) is 1. The fraction of sp³-hybridized carbons (Fsp3) is 0.500. The highest BCUT2D eigenvalue weighted by molar-refractivity contribution is 9.10. The first kappa shape index (κ1) is 15.1. The zero-order valence-electron chi connectivity index (χ0n) is 11.6. The molecule has 20 heavy (non-hydrogen) atoms. The first-order valence-corrected chi connectivity index (χ1v) is 7.52. The molecule has 1 saturated heterocycles. The van der Waals surface area contributed by atoms with E-state index in [2.05, 4.69) is 38.3 Å². The Kier molecular flexibility index (Phi) is 5.25. The number of hydrogen-bond acceptors (Lipinski definition) is 3. The topological polar surface area (TPSA) is 55.8 Å². The van der Waals surface area contributed by atoms with Crippen molar-refractivity contribution < 1.29 is 9.90 Å². The monoisotopic (exact) mass is 341 g/mol. The van der Waals surface area contributed by atoms with Crippen molar-refractivity contribution in [2.24, 2.45) is 0 Å². The van der Waals surface area contributed by atoms with E-state index in [4.69, 9.17) is 5.11 Å². The molecule has 2 rings (SSSR count). The Bertz CT molecular complexity index is 452. The lowest BCUT2D eigenvalue weighted by Gasteiger charge is -2.21. The van der Waals surface area contributed by atoms with Crippen LogP contribution in [-0.2, 0) is 0 Å². The summed E-state index contributed by atoms with van der Waals surface area (Å²) in [6, 6.07) is 8.24. The SMILES string of the molecule is CN(CCO)C(=O)NC1CCN(c2ccc(Br)cc2)C1. The maximum Gasteiger partial charge on any atom is 0.317 e. The van der Waals surface area contributed by atoms with E-state index in [9.17, 15) is 4.79 Å². The normalized spacial score (nSPS) is 18.1. The van der Waals surface area contributed by atoms with Gasteiger partial charge < -0.3 is 20.2 Å². The average molecular weight is 342 g/mol. The predicted octanol–water partition coefficient (Wildman–Crippen LogP) is 1.66. The number of aliphatic hydroxyl groups excluding tert-OH is 1. The summed E-state index contributed by atoms with van der Waals surface area (Å²) in [5.74, 6) is 0. The van der Waals surface area contributed by atoms with Crippen LogP contribution in [-0.4, -0.2) is 55.4 Å². The minimum Gasteiger partial charge on any atom is -0.395 e. The minimum atomic E-state index is -0.123. The molecule has 0 aliphatic carbocycles. The van der Waals surface area contributed by atoms with Crippen LogP contribution in [0.4, 0.5) is 10.5 Å². The Labute approximate surface area is 127 Å². The van der Waals surface area contributed by atoms with E-state index in [1.165, 1.54) is 10.6 Å². The molecule has 1 fully saturated rings. The van der Waals surface area contributed by atoms with Gasteiger partial charge in [0, 0.05) is 42.9 Å². The third kappa shape index (κ3) is 3.86. The van der Waals surface area contributed by atoms with Gasteiger partial charge in [0.1, 0.15) is 0 Å². The van der Waals surface area contributed by atoms with Crippen molar-refractivity contribution in [3.05, 3.63) is 28.7 Å². The number of rotatable bonds is 4. The number of carbonyl (C=O) groups excluding carboxylic acids is 1. The van der Waals surface area contributed by atoms with Crippen LogP contribution in [0, 0.1) is 0 Å². The molecule has 0 aromatic heterocycles. The highest BCUT2D eigenvalue weighted by Crippen LogP contribution is 2.22. The van der Waals surface area contributed by atoms with Gasteiger partial charge in [-0.1, -0.05) is 15.9 Å². The number of aliphatic hydroxyl groups is 1. The van der Waals surface area contributed by atoms with Crippen LogP contribution < -0.4 is 10.2 Å². The highest BCUT2D eigenvalue weighted by Gasteiger charge is 2.24. The third-order valence-electron chi connectivity index (χ3n) is 3.49. The molecule has 0 saturated carbocycles. The van der Waals surface area contributed by atoms with Crippen LogP contribution in [0.15, 0.2) is 28.7 Å². The smallest absolute Gasteiger partial charge is 0.317 e. The number of urea groups is 1. The summed E-state index contributed by atoms with van der Waals surface area (Å²) in [5, 5.41) is 11.8. The number of benzene rings is 1. The summed E-state index contributed by atoms with van der Waals surface area (Å²) < 4.78 is 1.07. The van der Waals surface area contributed by atoms with Crippen LogP contribution in [0.3, 0.4) is 0 Å². The van der Waals surface area contributed by atoms with Crippen molar-refractivity contribution in [3.63, 3.8) is 0 Å². The van der Waals surface area contributed by atoms with E-state index >= 15 is 0 Å². The van der Waals surface area contributed by atoms with Gasteiger partial charge >= 0.3 is 6.03 Å². The lowest BCUT2D eigenvalue weighted by atomic mass is 10.3.